The molecule has 12 nitrogen and oxygen atoms in total. The topological polar surface area (TPSA) is 160 Å². The second kappa shape index (κ2) is 21.4. The molecule has 4 aliphatic rings. The zero-order chi connectivity index (χ0) is 54.4. The van der Waals surface area contributed by atoms with Crippen molar-refractivity contribution in [2.75, 3.05) is 39.4 Å². The standard InChI is InChI=1S/C41H47N3O3S.C22H33N3O3S/c1-39(2,3)28-38-42-36-27-35(21-22-37(36)44(38)29-31-19-20-31)48(46,47)40(30-45)23-25-43(26-24-40)41(32-13-7-4-8-14-32,33-15-9-5-10-16-33)34-17-11-6-12-18-34;1-21(2,3)13-20-24-18-12-17(6-7-19(18)25(20)14-16-4-5-16)29(27,28)22(15-26)8-10-23-11-9-22/h4-18,21-22,27,31,45H,19-20,23-26,28-30H2,1-3H3;6-7,12,16,23,26H,4-5,8-11,13-15H2,1-3H3. The molecule has 4 fully saturated rings. The molecule has 77 heavy (non-hydrogen) atoms. The Bertz CT molecular complexity index is 3300. The van der Waals surface area contributed by atoms with Gasteiger partial charge in [-0.05, 0) is 140 Å². The lowest BCUT2D eigenvalue weighted by Gasteiger charge is -2.50. The normalized spacial score (nSPS) is 18.5. The molecular formula is C63H80N6O6S2. The maximum absolute atomic E-state index is 14.6. The highest BCUT2D eigenvalue weighted by molar-refractivity contribution is 7.93. The molecule has 2 saturated carbocycles. The fraction of sp³-hybridized carbons (Fsp3) is 0.492. The van der Waals surface area contributed by atoms with Gasteiger partial charge in [0.1, 0.15) is 21.1 Å². The number of nitrogens with zero attached hydrogens (tertiary/aromatic N) is 5. The van der Waals surface area contributed by atoms with Crippen molar-refractivity contribution < 1.29 is 27.0 Å². The summed E-state index contributed by atoms with van der Waals surface area (Å²) in [5, 5.41) is 24.2. The average Bonchev–Trinajstić information content (AvgIpc) is 4.40. The Kier molecular flexibility index (Phi) is 15.3. The number of benzene rings is 5. The van der Waals surface area contributed by atoms with Crippen molar-refractivity contribution in [3.05, 3.63) is 156 Å². The molecule has 14 heteroatoms. The number of aliphatic hydroxyl groups excluding tert-OH is 2. The highest BCUT2D eigenvalue weighted by atomic mass is 32.2. The third kappa shape index (κ3) is 11.0. The molecular weight excluding hydrogens is 1000 g/mol. The summed E-state index contributed by atoms with van der Waals surface area (Å²) < 4.78 is 58.4. The fourth-order valence-electron chi connectivity index (χ4n) is 12.1. The van der Waals surface area contributed by atoms with Gasteiger partial charge in [0.25, 0.3) is 0 Å². The van der Waals surface area contributed by atoms with Crippen LogP contribution < -0.4 is 5.32 Å². The van der Waals surface area contributed by atoms with Gasteiger partial charge in [-0.25, -0.2) is 26.8 Å². The molecule has 0 spiro atoms. The quantitative estimate of drug-likeness (QED) is 0.0795. The van der Waals surface area contributed by atoms with Gasteiger partial charge in [0.15, 0.2) is 19.7 Å². The Morgan fingerprint density at radius 2 is 0.896 bits per heavy atom. The van der Waals surface area contributed by atoms with E-state index in [-0.39, 0.29) is 27.2 Å². The highest BCUT2D eigenvalue weighted by Gasteiger charge is 2.52. The van der Waals surface area contributed by atoms with Gasteiger partial charge in [0.2, 0.25) is 0 Å². The largest absolute Gasteiger partial charge is 0.395 e. The first-order valence-electron chi connectivity index (χ1n) is 28.0. The van der Waals surface area contributed by atoms with E-state index in [1.165, 1.54) is 25.7 Å². The smallest absolute Gasteiger partial charge is 0.186 e. The predicted octanol–water partition coefficient (Wildman–Crippen LogP) is 10.6. The van der Waals surface area contributed by atoms with Crippen molar-refractivity contribution in [2.45, 2.75) is 144 Å². The van der Waals surface area contributed by atoms with Crippen LogP contribution in [0.5, 0.6) is 0 Å². The van der Waals surface area contributed by atoms with Crippen LogP contribution in [-0.2, 0) is 51.1 Å². The van der Waals surface area contributed by atoms with Crippen LogP contribution >= 0.6 is 0 Å². The molecule has 2 aliphatic carbocycles. The minimum Gasteiger partial charge on any atom is -0.395 e. The van der Waals surface area contributed by atoms with E-state index >= 15 is 0 Å². The summed E-state index contributed by atoms with van der Waals surface area (Å²) in [5.74, 6) is 3.43. The molecule has 11 rings (SSSR count). The van der Waals surface area contributed by atoms with Gasteiger partial charge in [-0.2, -0.15) is 0 Å². The monoisotopic (exact) mass is 1080 g/mol. The van der Waals surface area contributed by atoms with Gasteiger partial charge in [-0.15, -0.1) is 0 Å². The average molecular weight is 1080 g/mol. The van der Waals surface area contributed by atoms with Gasteiger partial charge >= 0.3 is 0 Å². The summed E-state index contributed by atoms with van der Waals surface area (Å²) in [6.45, 7) is 16.5. The molecule has 4 heterocycles. The second-order valence-corrected chi connectivity index (χ2v) is 29.9. The molecule has 5 aromatic carbocycles. The van der Waals surface area contributed by atoms with Crippen LogP contribution in [-0.4, -0.2) is 99.9 Å². The fourth-order valence-corrected chi connectivity index (χ4v) is 16.0. The van der Waals surface area contributed by atoms with E-state index in [2.05, 4.69) is 134 Å². The van der Waals surface area contributed by atoms with Crippen molar-refractivity contribution in [1.82, 2.24) is 29.3 Å². The molecule has 0 radical (unpaired) electrons. The first-order chi connectivity index (χ1) is 36.7. The molecule has 2 saturated heterocycles. The maximum Gasteiger partial charge on any atom is 0.186 e. The summed E-state index contributed by atoms with van der Waals surface area (Å²) in [6.07, 6.45) is 8.12. The van der Waals surface area contributed by atoms with Gasteiger partial charge < -0.3 is 24.7 Å². The Morgan fingerprint density at radius 3 is 1.23 bits per heavy atom. The minimum atomic E-state index is -3.90. The second-order valence-electron chi connectivity index (χ2n) is 25.2. The number of nitrogens with one attached hydrogen (secondary N) is 1. The predicted molar refractivity (Wildman–Crippen MR) is 307 cm³/mol. The zero-order valence-corrected chi connectivity index (χ0v) is 47.7. The van der Waals surface area contributed by atoms with Gasteiger partial charge in [-0.1, -0.05) is 133 Å². The van der Waals surface area contributed by atoms with Crippen LogP contribution in [0.3, 0.4) is 0 Å². The van der Waals surface area contributed by atoms with E-state index in [4.69, 9.17) is 9.97 Å². The van der Waals surface area contributed by atoms with Gasteiger partial charge in [-0.3, -0.25) is 4.90 Å². The van der Waals surface area contributed by atoms with Crippen molar-refractivity contribution in [2.24, 2.45) is 22.7 Å². The number of fused-ring (bicyclic) bond motifs is 2. The van der Waals surface area contributed by atoms with Crippen molar-refractivity contribution in [3.63, 3.8) is 0 Å². The van der Waals surface area contributed by atoms with E-state index in [0.29, 0.717) is 63.7 Å². The van der Waals surface area contributed by atoms with Gasteiger partial charge in [0.05, 0.1) is 50.6 Å². The first-order valence-corrected chi connectivity index (χ1v) is 31.0. The van der Waals surface area contributed by atoms with Crippen molar-refractivity contribution >= 4 is 41.7 Å². The number of aromatic nitrogens is 4. The summed E-state index contributed by atoms with van der Waals surface area (Å²) in [6, 6.07) is 42.3. The van der Waals surface area contributed by atoms with Crippen LogP contribution in [0, 0.1) is 22.7 Å². The molecule has 7 aromatic rings. The lowest BCUT2D eigenvalue weighted by molar-refractivity contribution is 0.0883. The van der Waals surface area contributed by atoms with Crippen LogP contribution in [0.2, 0.25) is 0 Å². The number of aliphatic hydroxyl groups is 2. The lowest BCUT2D eigenvalue weighted by Crippen LogP contribution is -2.57. The number of likely N-dealkylation sites (tertiary alicyclic amines) is 1. The number of sulfone groups is 2. The van der Waals surface area contributed by atoms with Crippen LogP contribution in [0.1, 0.15) is 121 Å². The Balaban J connectivity index is 0.000000198. The number of hydrogen-bond acceptors (Lipinski definition) is 10. The number of piperidine rings is 2. The van der Waals surface area contributed by atoms with E-state index in [1.807, 2.05) is 30.3 Å². The maximum atomic E-state index is 14.6. The summed E-state index contributed by atoms with van der Waals surface area (Å²) in [5.41, 5.74) is 6.37. The molecule has 0 unspecified atom stereocenters. The summed E-state index contributed by atoms with van der Waals surface area (Å²) in [4.78, 5) is 12.8. The van der Waals surface area contributed by atoms with E-state index < -0.39 is 41.3 Å². The van der Waals surface area contributed by atoms with E-state index in [9.17, 15) is 27.0 Å². The van der Waals surface area contributed by atoms with Crippen LogP contribution in [0.4, 0.5) is 0 Å². The summed E-state index contributed by atoms with van der Waals surface area (Å²) >= 11 is 0. The molecule has 0 bridgehead atoms. The molecule has 3 N–H and O–H groups in total. The van der Waals surface area contributed by atoms with Crippen molar-refractivity contribution in [3.8, 4) is 0 Å². The van der Waals surface area contributed by atoms with Gasteiger partial charge in [0, 0.05) is 39.0 Å². The highest BCUT2D eigenvalue weighted by Crippen LogP contribution is 2.47. The molecule has 410 valence electrons. The SMILES string of the molecule is CC(C)(C)Cc1nc2cc(S(=O)(=O)C3(CO)CCN(C(c4ccccc4)(c4ccccc4)c4ccccc4)CC3)ccc2n1CC1CC1.CC(C)(C)Cc1nc2cc(S(=O)(=O)C3(CO)CCNCC3)ccc2n1CC1CC1. The Hall–Kier alpha value is -5.22. The third-order valence-corrected chi connectivity index (χ3v) is 21.9. The Labute approximate surface area is 457 Å². The molecule has 0 amide bonds. The minimum absolute atomic E-state index is 0.0565. The lowest BCUT2D eigenvalue weighted by atomic mass is 9.74. The zero-order valence-electron chi connectivity index (χ0n) is 46.1. The Morgan fingerprint density at radius 1 is 0.532 bits per heavy atom. The number of imidazole rings is 2. The van der Waals surface area contributed by atoms with E-state index in [0.717, 1.165) is 76.3 Å². The van der Waals surface area contributed by atoms with Crippen LogP contribution in [0.15, 0.2) is 137 Å². The van der Waals surface area contributed by atoms with Crippen LogP contribution in [0.25, 0.3) is 22.1 Å². The third-order valence-electron chi connectivity index (χ3n) is 16.8. The molecule has 0 atom stereocenters. The molecule has 2 aromatic heterocycles. The first kappa shape index (κ1) is 55.1. The summed E-state index contributed by atoms with van der Waals surface area (Å²) in [7, 11) is -7.56. The number of hydrogen-bond donors (Lipinski definition) is 3. The van der Waals surface area contributed by atoms with Crippen molar-refractivity contribution in [1.29, 1.82) is 0 Å². The van der Waals surface area contributed by atoms with E-state index in [1.54, 1.807) is 24.3 Å². The number of rotatable bonds is 16. The molecule has 2 aliphatic heterocycles.